The second-order valence-electron chi connectivity index (χ2n) is 6.82. The minimum Gasteiger partial charge on any atom is -0.391 e. The summed E-state index contributed by atoms with van der Waals surface area (Å²) in [7, 11) is 0. The summed E-state index contributed by atoms with van der Waals surface area (Å²) in [5.74, 6) is 0.826. The fraction of sp³-hybridized carbons (Fsp3) is 0.200. The van der Waals surface area contributed by atoms with Gasteiger partial charge >= 0.3 is 0 Å². The molecule has 0 bridgehead atoms. The van der Waals surface area contributed by atoms with E-state index in [1.54, 1.807) is 18.6 Å². The van der Waals surface area contributed by atoms with E-state index in [1.165, 1.54) is 0 Å². The van der Waals surface area contributed by atoms with Crippen molar-refractivity contribution in [3.63, 3.8) is 0 Å². The molecule has 0 spiro atoms. The number of nitrogens with zero attached hydrogens (tertiary/aromatic N) is 5. The average Bonchev–Trinajstić information content (AvgIpc) is 3.35. The predicted molar refractivity (Wildman–Crippen MR) is 111 cm³/mol. The molecule has 2 N–H and O–H groups in total. The van der Waals surface area contributed by atoms with E-state index in [9.17, 15) is 5.11 Å². The van der Waals surface area contributed by atoms with E-state index in [2.05, 4.69) is 41.0 Å². The molecule has 0 radical (unpaired) electrons. The summed E-state index contributed by atoms with van der Waals surface area (Å²) < 4.78 is 0.905. The van der Waals surface area contributed by atoms with Crippen LogP contribution in [-0.4, -0.2) is 49.4 Å². The Balaban J connectivity index is 1.59. The van der Waals surface area contributed by atoms with Crippen LogP contribution in [0, 0.1) is 0 Å². The van der Waals surface area contributed by atoms with Crippen molar-refractivity contribution in [2.24, 2.45) is 0 Å². The first-order valence-electron chi connectivity index (χ1n) is 9.03. The predicted octanol–water partition coefficient (Wildman–Crippen LogP) is 3.42. The van der Waals surface area contributed by atoms with Crippen LogP contribution in [-0.2, 0) is 0 Å². The molecule has 0 amide bonds. The number of hydrogen-bond donors (Lipinski definition) is 2. The van der Waals surface area contributed by atoms with Gasteiger partial charge in [-0.15, -0.1) is 0 Å². The van der Waals surface area contributed by atoms with E-state index < -0.39 is 0 Å². The highest BCUT2D eigenvalue weighted by Gasteiger charge is 2.24. The first-order valence-corrected chi connectivity index (χ1v) is 9.83. The summed E-state index contributed by atoms with van der Waals surface area (Å²) in [5, 5.41) is 18.4. The SMILES string of the molecule is O[C@H]1CCN(c2nc(-c3n[nH]c4cnc(-c5cccnc5)cc34)ccc2Br)C1. The Labute approximate surface area is 169 Å². The van der Waals surface area contributed by atoms with Crippen molar-refractivity contribution in [3.05, 3.63) is 53.4 Å². The van der Waals surface area contributed by atoms with Gasteiger partial charge in [-0.3, -0.25) is 15.1 Å². The molecule has 8 heteroatoms. The van der Waals surface area contributed by atoms with Gasteiger partial charge in [-0.1, -0.05) is 0 Å². The van der Waals surface area contributed by atoms with Gasteiger partial charge in [0.25, 0.3) is 0 Å². The third-order valence-electron chi connectivity index (χ3n) is 4.94. The number of fused-ring (bicyclic) bond motifs is 1. The molecule has 0 unspecified atom stereocenters. The number of pyridine rings is 3. The van der Waals surface area contributed by atoms with E-state index in [4.69, 9.17) is 4.98 Å². The van der Waals surface area contributed by atoms with Crippen LogP contribution in [0.15, 0.2) is 53.4 Å². The van der Waals surface area contributed by atoms with Crippen LogP contribution in [0.1, 0.15) is 6.42 Å². The van der Waals surface area contributed by atoms with Crippen molar-refractivity contribution in [1.82, 2.24) is 25.1 Å². The molecule has 1 fully saturated rings. The van der Waals surface area contributed by atoms with Crippen LogP contribution >= 0.6 is 15.9 Å². The number of H-pyrrole nitrogens is 1. The van der Waals surface area contributed by atoms with E-state index in [1.807, 2.05) is 30.3 Å². The lowest BCUT2D eigenvalue weighted by molar-refractivity contribution is 0.198. The van der Waals surface area contributed by atoms with E-state index in [0.717, 1.165) is 56.8 Å². The minimum absolute atomic E-state index is 0.309. The molecular formula is C20H17BrN6O. The number of aliphatic hydroxyl groups is 1. The van der Waals surface area contributed by atoms with Gasteiger partial charge in [0.1, 0.15) is 11.5 Å². The maximum absolute atomic E-state index is 9.87. The number of halogens is 1. The zero-order valence-electron chi connectivity index (χ0n) is 14.9. The van der Waals surface area contributed by atoms with Gasteiger partial charge in [0.15, 0.2) is 0 Å². The van der Waals surface area contributed by atoms with E-state index >= 15 is 0 Å². The second-order valence-corrected chi connectivity index (χ2v) is 7.67. The molecule has 1 saturated heterocycles. The molecule has 4 aromatic heterocycles. The van der Waals surface area contributed by atoms with Crippen LogP contribution in [0.3, 0.4) is 0 Å². The van der Waals surface area contributed by atoms with Crippen LogP contribution < -0.4 is 4.90 Å². The fourth-order valence-electron chi connectivity index (χ4n) is 3.50. The number of aromatic amines is 1. The lowest BCUT2D eigenvalue weighted by Crippen LogP contribution is -2.22. The monoisotopic (exact) mass is 436 g/mol. The minimum atomic E-state index is -0.309. The number of aliphatic hydroxyl groups excluding tert-OH is 1. The zero-order valence-corrected chi connectivity index (χ0v) is 16.5. The molecule has 0 aliphatic carbocycles. The fourth-order valence-corrected chi connectivity index (χ4v) is 3.97. The highest BCUT2D eigenvalue weighted by atomic mass is 79.9. The summed E-state index contributed by atoms with van der Waals surface area (Å²) in [5.41, 5.74) is 4.19. The summed E-state index contributed by atoms with van der Waals surface area (Å²) in [6.07, 6.45) is 5.77. The van der Waals surface area contributed by atoms with Gasteiger partial charge in [0.2, 0.25) is 0 Å². The topological polar surface area (TPSA) is 90.8 Å². The van der Waals surface area contributed by atoms with Gasteiger partial charge in [-0.05, 0) is 52.7 Å². The molecule has 1 aliphatic rings. The summed E-state index contributed by atoms with van der Waals surface area (Å²) >= 11 is 3.58. The van der Waals surface area contributed by atoms with Gasteiger partial charge < -0.3 is 10.0 Å². The Bertz CT molecular complexity index is 1150. The molecule has 0 aromatic carbocycles. The van der Waals surface area contributed by atoms with Crippen LogP contribution in [0.5, 0.6) is 0 Å². The van der Waals surface area contributed by atoms with Gasteiger partial charge in [0, 0.05) is 36.4 Å². The molecule has 1 atom stereocenters. The highest BCUT2D eigenvalue weighted by Crippen LogP contribution is 2.33. The van der Waals surface area contributed by atoms with E-state index in [0.29, 0.717) is 6.54 Å². The molecule has 1 aliphatic heterocycles. The number of hydrogen-bond acceptors (Lipinski definition) is 6. The molecule has 5 rings (SSSR count). The van der Waals surface area contributed by atoms with Gasteiger partial charge in [0.05, 0.1) is 33.7 Å². The molecule has 140 valence electrons. The Morgan fingerprint density at radius 2 is 2.11 bits per heavy atom. The average molecular weight is 437 g/mol. The Kier molecular flexibility index (Phi) is 4.29. The molecule has 5 heterocycles. The number of nitrogens with one attached hydrogen (secondary N) is 1. The summed E-state index contributed by atoms with van der Waals surface area (Å²) in [6.45, 7) is 1.37. The Hall–Kier alpha value is -2.84. The summed E-state index contributed by atoms with van der Waals surface area (Å²) in [4.78, 5) is 15.6. The number of aromatic nitrogens is 5. The maximum Gasteiger partial charge on any atom is 0.143 e. The quantitative estimate of drug-likeness (QED) is 0.511. The van der Waals surface area contributed by atoms with Gasteiger partial charge in [-0.2, -0.15) is 5.10 Å². The van der Waals surface area contributed by atoms with Gasteiger partial charge in [-0.25, -0.2) is 4.98 Å². The Morgan fingerprint density at radius 1 is 1.18 bits per heavy atom. The van der Waals surface area contributed by atoms with Crippen molar-refractivity contribution in [2.75, 3.05) is 18.0 Å². The zero-order chi connectivity index (χ0) is 19.1. The summed E-state index contributed by atoms with van der Waals surface area (Å²) in [6, 6.07) is 9.81. The molecule has 4 aromatic rings. The lowest BCUT2D eigenvalue weighted by Gasteiger charge is -2.18. The van der Waals surface area contributed by atoms with Crippen molar-refractivity contribution >= 4 is 32.7 Å². The third-order valence-corrected chi connectivity index (χ3v) is 5.56. The Morgan fingerprint density at radius 3 is 2.89 bits per heavy atom. The van der Waals surface area contributed by atoms with Crippen molar-refractivity contribution in [3.8, 4) is 22.6 Å². The first-order chi connectivity index (χ1) is 13.7. The standard InChI is InChI=1S/C20H17BrN6O/c21-15-3-4-16(24-20(15)27-7-5-13(28)11-27)19-14-8-17(12-2-1-6-22-9-12)23-10-18(14)25-26-19/h1-4,6,8-10,13,28H,5,7,11H2,(H,25,26)/t13-/m0/s1. The number of rotatable bonds is 3. The third kappa shape index (κ3) is 3.04. The lowest BCUT2D eigenvalue weighted by atomic mass is 10.1. The molecule has 7 nitrogen and oxygen atoms in total. The number of β-amino-alcohol motifs (C(OH)–C–C–N with tert-alkyl or cyclic N) is 1. The molecule has 28 heavy (non-hydrogen) atoms. The normalized spacial score (nSPS) is 16.8. The maximum atomic E-state index is 9.87. The van der Waals surface area contributed by atoms with Crippen LogP contribution in [0.4, 0.5) is 5.82 Å². The largest absolute Gasteiger partial charge is 0.391 e. The van der Waals surface area contributed by atoms with Crippen molar-refractivity contribution in [1.29, 1.82) is 0 Å². The first kappa shape index (κ1) is 17.3. The molecular weight excluding hydrogens is 420 g/mol. The number of anilines is 1. The smallest absolute Gasteiger partial charge is 0.143 e. The van der Waals surface area contributed by atoms with Crippen molar-refractivity contribution < 1.29 is 5.11 Å². The second kappa shape index (κ2) is 6.96. The highest BCUT2D eigenvalue weighted by molar-refractivity contribution is 9.10. The van der Waals surface area contributed by atoms with E-state index in [-0.39, 0.29) is 6.10 Å². The van der Waals surface area contributed by atoms with Crippen LogP contribution in [0.2, 0.25) is 0 Å². The van der Waals surface area contributed by atoms with Crippen molar-refractivity contribution in [2.45, 2.75) is 12.5 Å². The molecule has 0 saturated carbocycles. The van der Waals surface area contributed by atoms with Crippen LogP contribution in [0.25, 0.3) is 33.5 Å².